The van der Waals surface area contributed by atoms with Crippen LogP contribution in [0.4, 0.5) is 10.5 Å². The summed E-state index contributed by atoms with van der Waals surface area (Å²) in [4.78, 5) is 38.1. The Labute approximate surface area is 185 Å². The Hall–Kier alpha value is -3.26. The van der Waals surface area contributed by atoms with Gasteiger partial charge >= 0.3 is 6.03 Å². The molecule has 2 aromatic rings. The Morgan fingerprint density at radius 3 is 2.71 bits per heavy atom. The average molecular weight is 440 g/mol. The number of hydrogen-bond acceptors (Lipinski definition) is 6. The minimum atomic E-state index is -0.550. The number of urea groups is 1. The minimum absolute atomic E-state index is 0.133. The highest BCUT2D eigenvalue weighted by molar-refractivity contribution is 6.31. The largest absolute Gasteiger partial charge is 0.497 e. The lowest BCUT2D eigenvalue weighted by molar-refractivity contribution is -0.137. The number of fused-ring (bicyclic) bond motifs is 3. The number of likely N-dealkylation sites (N-methyl/N-ethyl adjacent to an activating group) is 1. The van der Waals surface area contributed by atoms with Crippen LogP contribution in [0.5, 0.6) is 5.75 Å². The summed E-state index contributed by atoms with van der Waals surface area (Å²) in [5.74, 6) is 1.20. The zero-order valence-electron chi connectivity index (χ0n) is 17.2. The molecule has 3 amide bonds. The third-order valence-corrected chi connectivity index (χ3v) is 6.40. The van der Waals surface area contributed by atoms with Gasteiger partial charge in [-0.2, -0.15) is 0 Å². The van der Waals surface area contributed by atoms with E-state index in [4.69, 9.17) is 21.3 Å². The van der Waals surface area contributed by atoms with Gasteiger partial charge < -0.3 is 19.4 Å². The number of rotatable bonds is 4. The van der Waals surface area contributed by atoms with Crippen LogP contribution in [0.2, 0.25) is 5.02 Å². The number of amides is 3. The molecule has 2 saturated heterocycles. The molecule has 0 N–H and O–H groups in total. The van der Waals surface area contributed by atoms with Gasteiger partial charge in [-0.05, 0) is 23.8 Å². The summed E-state index contributed by atoms with van der Waals surface area (Å²) >= 11 is 6.27. The van der Waals surface area contributed by atoms with Crippen molar-refractivity contribution in [3.63, 3.8) is 0 Å². The van der Waals surface area contributed by atoms with Gasteiger partial charge in [-0.3, -0.25) is 9.69 Å². The second-order valence-electron chi connectivity index (χ2n) is 7.74. The Morgan fingerprint density at radius 1 is 1.13 bits per heavy atom. The summed E-state index contributed by atoms with van der Waals surface area (Å²) in [5, 5.41) is 0.529. The fourth-order valence-corrected chi connectivity index (χ4v) is 4.60. The molecule has 0 spiro atoms. The third kappa shape index (κ3) is 3.09. The summed E-state index contributed by atoms with van der Waals surface area (Å²) in [6.45, 7) is 1.48. The fraction of sp³-hybridized carbons (Fsp3) is 0.318. The van der Waals surface area contributed by atoms with Gasteiger partial charge in [-0.15, -0.1) is 0 Å². The molecule has 2 aromatic carbocycles. The summed E-state index contributed by atoms with van der Waals surface area (Å²) in [5.41, 5.74) is 1.67. The molecule has 160 valence electrons. The van der Waals surface area contributed by atoms with Crippen LogP contribution in [0, 0.1) is 0 Å². The highest BCUT2D eigenvalue weighted by Gasteiger charge is 2.54. The van der Waals surface area contributed by atoms with E-state index in [1.54, 1.807) is 20.2 Å². The van der Waals surface area contributed by atoms with Gasteiger partial charge in [0, 0.05) is 36.9 Å². The predicted molar refractivity (Wildman–Crippen MR) is 117 cm³/mol. The molecule has 2 unspecified atom stereocenters. The topological polar surface area (TPSA) is 68.7 Å². The number of guanidine groups is 1. The van der Waals surface area contributed by atoms with E-state index in [0.717, 1.165) is 17.0 Å². The quantitative estimate of drug-likeness (QED) is 0.732. The molecule has 0 bridgehead atoms. The lowest BCUT2D eigenvalue weighted by atomic mass is 10.1. The molecule has 0 aliphatic carbocycles. The van der Waals surface area contributed by atoms with E-state index in [-0.39, 0.29) is 18.5 Å². The summed E-state index contributed by atoms with van der Waals surface area (Å²) < 4.78 is 5.34. The second-order valence-corrected chi connectivity index (χ2v) is 8.15. The number of hydrogen-bond donors (Lipinski definition) is 0. The van der Waals surface area contributed by atoms with Crippen molar-refractivity contribution in [2.45, 2.75) is 18.8 Å². The van der Waals surface area contributed by atoms with Crippen molar-refractivity contribution in [3.05, 3.63) is 59.1 Å². The van der Waals surface area contributed by atoms with Gasteiger partial charge in [0.05, 0.1) is 13.7 Å². The number of halogens is 1. The molecule has 8 nitrogen and oxygen atoms in total. The predicted octanol–water partition coefficient (Wildman–Crippen LogP) is 2.63. The van der Waals surface area contributed by atoms with Crippen molar-refractivity contribution in [2.24, 2.45) is 4.99 Å². The van der Waals surface area contributed by atoms with Crippen LogP contribution in [-0.4, -0.2) is 72.1 Å². The molecular weight excluding hydrogens is 418 g/mol. The smallest absolute Gasteiger partial charge is 0.328 e. The van der Waals surface area contributed by atoms with E-state index in [1.165, 1.54) is 9.80 Å². The van der Waals surface area contributed by atoms with Crippen LogP contribution in [-0.2, 0) is 11.3 Å². The molecule has 3 heterocycles. The average Bonchev–Trinajstić information content (AvgIpc) is 3.36. The zero-order chi connectivity index (χ0) is 21.7. The maximum atomic E-state index is 13.4. The Bertz CT molecular complexity index is 1090. The summed E-state index contributed by atoms with van der Waals surface area (Å²) in [6, 6.07) is 14.1. The second kappa shape index (κ2) is 7.46. The van der Waals surface area contributed by atoms with Crippen molar-refractivity contribution in [1.29, 1.82) is 0 Å². The number of benzene rings is 2. The first kappa shape index (κ1) is 19.7. The van der Waals surface area contributed by atoms with Crippen molar-refractivity contribution < 1.29 is 14.3 Å². The van der Waals surface area contributed by atoms with Crippen molar-refractivity contribution >= 4 is 35.2 Å². The molecule has 2 atom stereocenters. The van der Waals surface area contributed by atoms with Crippen LogP contribution in [0.1, 0.15) is 5.56 Å². The maximum Gasteiger partial charge on any atom is 0.328 e. The standard InChI is InChI=1S/C22H22ClN5O3/c1-25-19-18(20(29)28(22(25)30)13-14-6-3-4-9-17(14)23)27-11-10-26(21(27)24-19)15-7-5-8-16(12-15)31-2/h3-9,12,18-19H,10-11,13H2,1-2H3. The van der Waals surface area contributed by atoms with Crippen molar-refractivity contribution in [1.82, 2.24) is 14.7 Å². The molecule has 5 rings (SSSR count). The number of imide groups is 1. The van der Waals surface area contributed by atoms with Crippen LogP contribution in [0.25, 0.3) is 0 Å². The van der Waals surface area contributed by atoms with E-state index in [9.17, 15) is 9.59 Å². The van der Waals surface area contributed by atoms with E-state index >= 15 is 0 Å². The summed E-state index contributed by atoms with van der Waals surface area (Å²) in [6.07, 6.45) is -0.550. The van der Waals surface area contributed by atoms with Crippen molar-refractivity contribution in [2.75, 3.05) is 32.1 Å². The lowest BCUT2D eigenvalue weighted by Crippen LogP contribution is -2.64. The number of nitrogens with zero attached hydrogens (tertiary/aromatic N) is 5. The number of aliphatic imine (C=N–C) groups is 1. The third-order valence-electron chi connectivity index (χ3n) is 6.03. The number of carbonyl (C=O) groups is 2. The molecule has 3 aliphatic heterocycles. The first-order valence-corrected chi connectivity index (χ1v) is 10.4. The van der Waals surface area contributed by atoms with Gasteiger partial charge in [-0.1, -0.05) is 35.9 Å². The van der Waals surface area contributed by atoms with Crippen LogP contribution in [0.3, 0.4) is 0 Å². The Morgan fingerprint density at radius 2 is 1.94 bits per heavy atom. The van der Waals surface area contributed by atoms with Gasteiger partial charge in [0.15, 0.2) is 12.2 Å². The monoisotopic (exact) mass is 439 g/mol. The van der Waals surface area contributed by atoms with Crippen LogP contribution >= 0.6 is 11.6 Å². The van der Waals surface area contributed by atoms with Gasteiger partial charge in [0.1, 0.15) is 5.75 Å². The van der Waals surface area contributed by atoms with Crippen LogP contribution < -0.4 is 9.64 Å². The van der Waals surface area contributed by atoms with Gasteiger partial charge in [0.25, 0.3) is 5.91 Å². The fourth-order valence-electron chi connectivity index (χ4n) is 4.40. The van der Waals surface area contributed by atoms with Crippen LogP contribution in [0.15, 0.2) is 53.5 Å². The Kier molecular flexibility index (Phi) is 4.74. The minimum Gasteiger partial charge on any atom is -0.497 e. The molecule has 2 fully saturated rings. The molecule has 0 aromatic heterocycles. The summed E-state index contributed by atoms with van der Waals surface area (Å²) in [7, 11) is 3.32. The van der Waals surface area contributed by atoms with Gasteiger partial charge in [-0.25, -0.2) is 9.79 Å². The highest BCUT2D eigenvalue weighted by Crippen LogP contribution is 2.35. The highest BCUT2D eigenvalue weighted by atomic mass is 35.5. The molecule has 3 aliphatic rings. The maximum absolute atomic E-state index is 13.4. The van der Waals surface area contributed by atoms with E-state index in [1.807, 2.05) is 47.4 Å². The number of carbonyl (C=O) groups excluding carboxylic acids is 2. The first-order chi connectivity index (χ1) is 15.0. The lowest BCUT2D eigenvalue weighted by Gasteiger charge is -2.40. The van der Waals surface area contributed by atoms with E-state index in [0.29, 0.717) is 24.1 Å². The molecule has 0 saturated carbocycles. The van der Waals surface area contributed by atoms with Crippen molar-refractivity contribution in [3.8, 4) is 5.75 Å². The zero-order valence-corrected chi connectivity index (χ0v) is 18.0. The normalized spacial score (nSPS) is 22.6. The number of ether oxygens (including phenoxy) is 1. The van der Waals surface area contributed by atoms with E-state index in [2.05, 4.69) is 4.90 Å². The molecular formula is C22H22ClN5O3. The Balaban J connectivity index is 1.44. The number of anilines is 1. The first-order valence-electron chi connectivity index (χ1n) is 10.1. The molecule has 9 heteroatoms. The van der Waals surface area contributed by atoms with Gasteiger partial charge in [0.2, 0.25) is 5.96 Å². The SMILES string of the molecule is COc1cccc(N2CCN3C2=NC2C3C(=O)N(Cc3ccccc3Cl)C(=O)N2C)c1. The molecule has 0 radical (unpaired) electrons. The van der Waals surface area contributed by atoms with E-state index < -0.39 is 12.2 Å². The molecule has 31 heavy (non-hydrogen) atoms. The number of methoxy groups -OCH3 is 1.